The third-order valence-corrected chi connectivity index (χ3v) is 4.36. The van der Waals surface area contributed by atoms with E-state index >= 15 is 0 Å². The summed E-state index contributed by atoms with van der Waals surface area (Å²) < 4.78 is 0. The van der Waals surface area contributed by atoms with Gasteiger partial charge in [0.2, 0.25) is 0 Å². The van der Waals surface area contributed by atoms with Gasteiger partial charge in [-0.1, -0.05) is 0 Å². The SMILES string of the molecule is Cc1nc(-c2c[nH]c(C(=O)N3CCNC[C@H]3C)c2)cs1.Cl.Cl. The molecule has 3 heterocycles. The number of carbonyl (C=O) groups excluding carboxylic acids is 1. The molecule has 1 atom stereocenters. The molecule has 1 saturated heterocycles. The molecule has 2 N–H and O–H groups in total. The summed E-state index contributed by atoms with van der Waals surface area (Å²) in [7, 11) is 0. The maximum atomic E-state index is 12.5. The molecule has 0 radical (unpaired) electrons. The molecular formula is C14H20Cl2N4OS. The van der Waals surface area contributed by atoms with Crippen LogP contribution < -0.4 is 5.32 Å². The predicted octanol–water partition coefficient (Wildman–Crippen LogP) is 2.72. The normalized spacial score (nSPS) is 17.5. The van der Waals surface area contributed by atoms with E-state index in [0.29, 0.717) is 5.69 Å². The van der Waals surface area contributed by atoms with E-state index in [1.807, 2.05) is 29.5 Å². The van der Waals surface area contributed by atoms with Crippen molar-refractivity contribution in [1.29, 1.82) is 0 Å². The lowest BCUT2D eigenvalue weighted by atomic mass is 10.2. The largest absolute Gasteiger partial charge is 0.357 e. The zero-order valence-corrected chi connectivity index (χ0v) is 14.9. The van der Waals surface area contributed by atoms with Crippen LogP contribution in [-0.2, 0) is 0 Å². The first kappa shape index (κ1) is 19.0. The molecule has 0 unspecified atom stereocenters. The standard InChI is InChI=1S/C14H18N4OS.2ClH/c1-9-6-15-3-4-18(9)14(19)12-5-11(7-16-12)13-8-20-10(2)17-13;;/h5,7-9,15-16H,3-4,6H2,1-2H3;2*1H/t9-;;/m1../s1. The van der Waals surface area contributed by atoms with E-state index in [1.165, 1.54) is 0 Å². The third kappa shape index (κ3) is 3.81. The van der Waals surface area contributed by atoms with Crippen LogP contribution in [0.1, 0.15) is 22.4 Å². The number of nitrogens with one attached hydrogen (secondary N) is 2. The summed E-state index contributed by atoms with van der Waals surface area (Å²) in [6, 6.07) is 2.12. The van der Waals surface area contributed by atoms with Gasteiger partial charge in [0.05, 0.1) is 10.7 Å². The number of hydrogen-bond acceptors (Lipinski definition) is 4. The van der Waals surface area contributed by atoms with Crippen molar-refractivity contribution in [2.24, 2.45) is 0 Å². The van der Waals surface area contributed by atoms with Gasteiger partial charge in [0, 0.05) is 42.8 Å². The molecule has 8 heteroatoms. The lowest BCUT2D eigenvalue weighted by molar-refractivity contribution is 0.0650. The van der Waals surface area contributed by atoms with Gasteiger partial charge in [-0.3, -0.25) is 4.79 Å². The average molecular weight is 363 g/mol. The molecular weight excluding hydrogens is 343 g/mol. The topological polar surface area (TPSA) is 61.0 Å². The van der Waals surface area contributed by atoms with Crippen LogP contribution in [0.25, 0.3) is 11.3 Å². The summed E-state index contributed by atoms with van der Waals surface area (Å²) >= 11 is 1.62. The van der Waals surface area contributed by atoms with Crippen molar-refractivity contribution in [3.8, 4) is 11.3 Å². The zero-order chi connectivity index (χ0) is 14.1. The van der Waals surface area contributed by atoms with Crippen molar-refractivity contribution >= 4 is 42.1 Å². The summed E-state index contributed by atoms with van der Waals surface area (Å²) in [4.78, 5) is 22.0. The fourth-order valence-corrected chi connectivity index (χ4v) is 3.08. The van der Waals surface area contributed by atoms with Gasteiger partial charge in [0.15, 0.2) is 0 Å². The van der Waals surface area contributed by atoms with Crippen molar-refractivity contribution in [2.45, 2.75) is 19.9 Å². The molecule has 0 saturated carbocycles. The second-order valence-electron chi connectivity index (χ2n) is 5.11. The molecule has 2 aromatic rings. The molecule has 122 valence electrons. The molecule has 1 fully saturated rings. The molecule has 0 bridgehead atoms. The molecule has 5 nitrogen and oxygen atoms in total. The Morgan fingerprint density at radius 1 is 1.45 bits per heavy atom. The van der Waals surface area contributed by atoms with Crippen LogP contribution in [0.3, 0.4) is 0 Å². The fourth-order valence-electron chi connectivity index (χ4n) is 2.46. The van der Waals surface area contributed by atoms with E-state index in [0.717, 1.165) is 35.9 Å². The molecule has 22 heavy (non-hydrogen) atoms. The van der Waals surface area contributed by atoms with Crippen molar-refractivity contribution in [3.05, 3.63) is 28.3 Å². The van der Waals surface area contributed by atoms with E-state index in [2.05, 4.69) is 22.2 Å². The molecule has 0 aromatic carbocycles. The number of H-pyrrole nitrogens is 1. The maximum absolute atomic E-state index is 12.5. The van der Waals surface area contributed by atoms with Crippen LogP contribution in [0.2, 0.25) is 0 Å². The van der Waals surface area contributed by atoms with Gasteiger partial charge < -0.3 is 15.2 Å². The van der Waals surface area contributed by atoms with Gasteiger partial charge in [-0.05, 0) is 19.9 Å². The van der Waals surface area contributed by atoms with E-state index in [4.69, 9.17) is 0 Å². The zero-order valence-electron chi connectivity index (χ0n) is 12.5. The number of rotatable bonds is 2. The number of nitrogens with zero attached hydrogens (tertiary/aromatic N) is 2. The number of hydrogen-bond donors (Lipinski definition) is 2. The molecule has 0 aliphatic carbocycles. The molecule has 2 aromatic heterocycles. The Balaban J connectivity index is 0.00000121. The Morgan fingerprint density at radius 2 is 2.23 bits per heavy atom. The minimum atomic E-state index is 0. The summed E-state index contributed by atoms with van der Waals surface area (Å²) in [5.74, 6) is 0.0669. The van der Waals surface area contributed by atoms with Gasteiger partial charge >= 0.3 is 0 Å². The van der Waals surface area contributed by atoms with Crippen LogP contribution >= 0.6 is 36.2 Å². The molecule has 3 rings (SSSR count). The maximum Gasteiger partial charge on any atom is 0.270 e. The van der Waals surface area contributed by atoms with Crippen LogP contribution in [0, 0.1) is 6.92 Å². The number of thiazole rings is 1. The summed E-state index contributed by atoms with van der Waals surface area (Å²) in [6.45, 7) is 6.51. The third-order valence-electron chi connectivity index (χ3n) is 3.59. The van der Waals surface area contributed by atoms with E-state index < -0.39 is 0 Å². The number of aromatic nitrogens is 2. The van der Waals surface area contributed by atoms with Gasteiger partial charge in [-0.25, -0.2) is 4.98 Å². The highest BCUT2D eigenvalue weighted by Gasteiger charge is 2.25. The van der Waals surface area contributed by atoms with E-state index in [9.17, 15) is 4.79 Å². The first-order valence-corrected chi connectivity index (χ1v) is 7.65. The lowest BCUT2D eigenvalue weighted by Crippen LogP contribution is -2.52. The minimum absolute atomic E-state index is 0. The Kier molecular flexibility index (Phi) is 6.87. The van der Waals surface area contributed by atoms with E-state index in [1.54, 1.807) is 11.3 Å². The van der Waals surface area contributed by atoms with Gasteiger partial charge in [0.1, 0.15) is 5.69 Å². The smallest absolute Gasteiger partial charge is 0.270 e. The summed E-state index contributed by atoms with van der Waals surface area (Å²) in [5.41, 5.74) is 2.54. The van der Waals surface area contributed by atoms with Crippen molar-refractivity contribution in [3.63, 3.8) is 0 Å². The molecule has 1 aliphatic rings. The number of aryl methyl sites for hydroxylation is 1. The Bertz CT molecular complexity index is 628. The average Bonchev–Trinajstić information content (AvgIpc) is 3.07. The monoisotopic (exact) mass is 362 g/mol. The summed E-state index contributed by atoms with van der Waals surface area (Å²) in [6.07, 6.45) is 1.86. The van der Waals surface area contributed by atoms with Gasteiger partial charge in [-0.2, -0.15) is 0 Å². The Labute approximate surface area is 146 Å². The lowest BCUT2D eigenvalue weighted by Gasteiger charge is -2.33. The van der Waals surface area contributed by atoms with Crippen molar-refractivity contribution in [2.75, 3.05) is 19.6 Å². The van der Waals surface area contributed by atoms with Crippen molar-refractivity contribution < 1.29 is 4.79 Å². The molecule has 1 amide bonds. The summed E-state index contributed by atoms with van der Waals surface area (Å²) in [5, 5.41) is 6.34. The van der Waals surface area contributed by atoms with Crippen LogP contribution in [-0.4, -0.2) is 46.5 Å². The Hall–Kier alpha value is -1.08. The van der Waals surface area contributed by atoms with Crippen LogP contribution in [0.4, 0.5) is 0 Å². The highest BCUT2D eigenvalue weighted by atomic mass is 35.5. The minimum Gasteiger partial charge on any atom is -0.357 e. The molecule has 1 aliphatic heterocycles. The number of halogens is 2. The molecule has 0 spiro atoms. The second-order valence-corrected chi connectivity index (χ2v) is 6.17. The number of carbonyl (C=O) groups is 1. The van der Waals surface area contributed by atoms with Crippen LogP contribution in [0.15, 0.2) is 17.6 Å². The van der Waals surface area contributed by atoms with Crippen LogP contribution in [0.5, 0.6) is 0 Å². The van der Waals surface area contributed by atoms with Gasteiger partial charge in [-0.15, -0.1) is 36.2 Å². The first-order valence-electron chi connectivity index (χ1n) is 6.78. The number of piperazine rings is 1. The second kappa shape index (κ2) is 7.97. The number of amides is 1. The first-order chi connectivity index (χ1) is 9.65. The van der Waals surface area contributed by atoms with E-state index in [-0.39, 0.29) is 36.8 Å². The highest BCUT2D eigenvalue weighted by molar-refractivity contribution is 7.09. The van der Waals surface area contributed by atoms with Crippen molar-refractivity contribution in [1.82, 2.24) is 20.2 Å². The quantitative estimate of drug-likeness (QED) is 0.863. The Morgan fingerprint density at radius 3 is 2.86 bits per heavy atom. The predicted molar refractivity (Wildman–Crippen MR) is 94.5 cm³/mol. The highest BCUT2D eigenvalue weighted by Crippen LogP contribution is 2.23. The van der Waals surface area contributed by atoms with Gasteiger partial charge in [0.25, 0.3) is 5.91 Å². The fraction of sp³-hybridized carbons (Fsp3) is 0.429. The number of aromatic amines is 1.